The minimum Gasteiger partial charge on any atom is -0.496 e. The highest BCUT2D eigenvalue weighted by Crippen LogP contribution is 2.35. The van der Waals surface area contributed by atoms with E-state index in [-0.39, 0.29) is 0 Å². The molecule has 19 heavy (non-hydrogen) atoms. The average Bonchev–Trinajstić information content (AvgIpc) is 2.43. The number of anilines is 1. The van der Waals surface area contributed by atoms with Crippen LogP contribution in [0.15, 0.2) is 12.4 Å². The van der Waals surface area contributed by atoms with Crippen LogP contribution in [0, 0.1) is 20.8 Å². The lowest BCUT2D eigenvalue weighted by molar-refractivity contribution is 0.408. The summed E-state index contributed by atoms with van der Waals surface area (Å²) in [5.41, 5.74) is 5.11. The van der Waals surface area contributed by atoms with Gasteiger partial charge in [-0.15, -0.1) is 10.2 Å². The monoisotopic (exact) mass is 258 g/mol. The molecule has 0 atom stereocenters. The van der Waals surface area contributed by atoms with E-state index in [4.69, 9.17) is 4.74 Å². The van der Waals surface area contributed by atoms with Gasteiger partial charge in [-0.2, -0.15) is 0 Å². The molecular weight excluding hydrogens is 240 g/mol. The van der Waals surface area contributed by atoms with E-state index >= 15 is 0 Å². The summed E-state index contributed by atoms with van der Waals surface area (Å²) in [6, 6.07) is 2.06. The standard InChI is InChI=1S/C14H18N4O/c1-8-6-11(9(2)10(3)13(8)19-5)12-14(15-4)16-7-17-18-12/h6-7H,1-5H3,(H,15,16,17). The molecule has 0 radical (unpaired) electrons. The van der Waals surface area contributed by atoms with Gasteiger partial charge in [0.1, 0.15) is 17.8 Å². The van der Waals surface area contributed by atoms with Crippen LogP contribution in [0.2, 0.25) is 0 Å². The van der Waals surface area contributed by atoms with Gasteiger partial charge in [-0.05, 0) is 43.5 Å². The van der Waals surface area contributed by atoms with E-state index in [0.717, 1.165) is 39.5 Å². The molecular formula is C14H18N4O. The third-order valence-corrected chi connectivity index (χ3v) is 3.34. The molecule has 1 aromatic carbocycles. The van der Waals surface area contributed by atoms with E-state index < -0.39 is 0 Å². The maximum absolute atomic E-state index is 5.44. The molecule has 5 heteroatoms. The SMILES string of the molecule is CNc1ncnnc1-c1cc(C)c(OC)c(C)c1C. The summed E-state index contributed by atoms with van der Waals surface area (Å²) in [6.45, 7) is 6.13. The molecule has 0 bridgehead atoms. The van der Waals surface area contributed by atoms with Crippen LogP contribution < -0.4 is 10.1 Å². The minimum atomic E-state index is 0.724. The predicted molar refractivity (Wildman–Crippen MR) is 75.6 cm³/mol. The van der Waals surface area contributed by atoms with E-state index in [1.54, 1.807) is 7.11 Å². The molecule has 0 spiro atoms. The van der Waals surface area contributed by atoms with Crippen LogP contribution in [0.1, 0.15) is 16.7 Å². The summed E-state index contributed by atoms with van der Waals surface area (Å²) in [4.78, 5) is 4.20. The van der Waals surface area contributed by atoms with Gasteiger partial charge in [0.05, 0.1) is 7.11 Å². The van der Waals surface area contributed by atoms with Crippen LogP contribution in [0.5, 0.6) is 5.75 Å². The Morgan fingerprint density at radius 2 is 1.89 bits per heavy atom. The van der Waals surface area contributed by atoms with Gasteiger partial charge in [-0.25, -0.2) is 4.98 Å². The molecule has 0 fully saturated rings. The van der Waals surface area contributed by atoms with Gasteiger partial charge >= 0.3 is 0 Å². The molecule has 0 unspecified atom stereocenters. The van der Waals surface area contributed by atoms with Crippen molar-refractivity contribution in [1.82, 2.24) is 15.2 Å². The van der Waals surface area contributed by atoms with Crippen molar-refractivity contribution >= 4 is 5.82 Å². The average molecular weight is 258 g/mol. The summed E-state index contributed by atoms with van der Waals surface area (Å²) in [7, 11) is 3.52. The van der Waals surface area contributed by atoms with Crippen molar-refractivity contribution in [3.63, 3.8) is 0 Å². The fraction of sp³-hybridized carbons (Fsp3) is 0.357. The van der Waals surface area contributed by atoms with Crippen molar-refractivity contribution in [3.8, 4) is 17.0 Å². The quantitative estimate of drug-likeness (QED) is 0.916. The lowest BCUT2D eigenvalue weighted by Gasteiger charge is -2.16. The topological polar surface area (TPSA) is 59.9 Å². The first-order chi connectivity index (χ1) is 9.10. The van der Waals surface area contributed by atoms with E-state index in [0.29, 0.717) is 0 Å². The zero-order valence-electron chi connectivity index (χ0n) is 11.9. The number of methoxy groups -OCH3 is 1. The molecule has 0 aliphatic heterocycles. The second kappa shape index (κ2) is 5.22. The van der Waals surface area contributed by atoms with Gasteiger partial charge < -0.3 is 10.1 Å². The molecule has 2 aromatic rings. The Labute approximate surface area is 113 Å². The summed E-state index contributed by atoms with van der Waals surface area (Å²) >= 11 is 0. The van der Waals surface area contributed by atoms with Gasteiger partial charge in [0.25, 0.3) is 0 Å². The molecule has 5 nitrogen and oxygen atoms in total. The summed E-state index contributed by atoms with van der Waals surface area (Å²) < 4.78 is 5.44. The minimum absolute atomic E-state index is 0.724. The molecule has 0 saturated heterocycles. The van der Waals surface area contributed by atoms with E-state index in [9.17, 15) is 0 Å². The largest absolute Gasteiger partial charge is 0.496 e. The predicted octanol–water partition coefficient (Wildman–Crippen LogP) is 2.51. The third kappa shape index (κ3) is 2.23. The van der Waals surface area contributed by atoms with E-state index in [1.807, 2.05) is 20.9 Å². The highest BCUT2D eigenvalue weighted by Gasteiger charge is 2.16. The number of aromatic nitrogens is 3. The summed E-state index contributed by atoms with van der Waals surface area (Å²) in [5.74, 6) is 1.64. The van der Waals surface area contributed by atoms with Crippen LogP contribution in [0.4, 0.5) is 5.82 Å². The van der Waals surface area contributed by atoms with E-state index in [2.05, 4.69) is 33.5 Å². The maximum Gasteiger partial charge on any atom is 0.156 e. The fourth-order valence-electron chi connectivity index (χ4n) is 2.26. The number of rotatable bonds is 3. The Morgan fingerprint density at radius 3 is 2.53 bits per heavy atom. The van der Waals surface area contributed by atoms with Crippen molar-refractivity contribution in [2.45, 2.75) is 20.8 Å². The van der Waals surface area contributed by atoms with Crippen LogP contribution >= 0.6 is 0 Å². The summed E-state index contributed by atoms with van der Waals surface area (Å²) in [6.07, 6.45) is 1.44. The second-order valence-corrected chi connectivity index (χ2v) is 4.43. The number of hydrogen-bond donors (Lipinski definition) is 1. The molecule has 0 aliphatic rings. The smallest absolute Gasteiger partial charge is 0.156 e. The van der Waals surface area contributed by atoms with Crippen molar-refractivity contribution in [2.75, 3.05) is 19.5 Å². The van der Waals surface area contributed by atoms with Crippen molar-refractivity contribution in [1.29, 1.82) is 0 Å². The molecule has 1 aromatic heterocycles. The van der Waals surface area contributed by atoms with Crippen LogP contribution in [0.25, 0.3) is 11.3 Å². The first kappa shape index (κ1) is 13.3. The van der Waals surface area contributed by atoms with Crippen molar-refractivity contribution in [3.05, 3.63) is 29.1 Å². The number of benzene rings is 1. The number of ether oxygens (including phenoxy) is 1. The lowest BCUT2D eigenvalue weighted by atomic mass is 9.96. The van der Waals surface area contributed by atoms with Gasteiger partial charge in [0, 0.05) is 12.6 Å². The third-order valence-electron chi connectivity index (χ3n) is 3.34. The molecule has 0 amide bonds. The van der Waals surface area contributed by atoms with Gasteiger partial charge in [0.15, 0.2) is 5.82 Å². The van der Waals surface area contributed by atoms with Gasteiger partial charge in [0.2, 0.25) is 0 Å². The van der Waals surface area contributed by atoms with Gasteiger partial charge in [-0.1, -0.05) is 0 Å². The number of hydrogen-bond acceptors (Lipinski definition) is 5. The zero-order chi connectivity index (χ0) is 14.0. The molecule has 1 heterocycles. The molecule has 1 N–H and O–H groups in total. The Morgan fingerprint density at radius 1 is 1.16 bits per heavy atom. The Hall–Kier alpha value is -2.17. The first-order valence-electron chi connectivity index (χ1n) is 6.10. The molecule has 100 valence electrons. The second-order valence-electron chi connectivity index (χ2n) is 4.43. The van der Waals surface area contributed by atoms with Crippen LogP contribution in [0.3, 0.4) is 0 Å². The Bertz CT molecular complexity index is 611. The van der Waals surface area contributed by atoms with Crippen LogP contribution in [-0.4, -0.2) is 29.3 Å². The van der Waals surface area contributed by atoms with E-state index in [1.165, 1.54) is 6.33 Å². The fourth-order valence-corrected chi connectivity index (χ4v) is 2.26. The molecule has 0 saturated carbocycles. The number of nitrogens with one attached hydrogen (secondary N) is 1. The number of nitrogens with zero attached hydrogens (tertiary/aromatic N) is 3. The molecule has 2 rings (SSSR count). The zero-order valence-corrected chi connectivity index (χ0v) is 11.9. The van der Waals surface area contributed by atoms with Crippen molar-refractivity contribution in [2.24, 2.45) is 0 Å². The highest BCUT2D eigenvalue weighted by molar-refractivity contribution is 5.76. The Kier molecular flexibility index (Phi) is 3.64. The summed E-state index contributed by atoms with van der Waals surface area (Å²) in [5, 5.41) is 11.1. The normalized spacial score (nSPS) is 10.4. The highest BCUT2D eigenvalue weighted by atomic mass is 16.5. The number of aryl methyl sites for hydroxylation is 1. The Balaban J connectivity index is 2.70. The van der Waals surface area contributed by atoms with Crippen molar-refractivity contribution < 1.29 is 4.74 Å². The maximum atomic E-state index is 5.44. The first-order valence-corrected chi connectivity index (χ1v) is 6.10. The van der Waals surface area contributed by atoms with Gasteiger partial charge in [-0.3, -0.25) is 0 Å². The molecule has 0 aliphatic carbocycles. The lowest BCUT2D eigenvalue weighted by Crippen LogP contribution is -2.03. The van der Waals surface area contributed by atoms with Crippen LogP contribution in [-0.2, 0) is 0 Å².